The van der Waals surface area contributed by atoms with Gasteiger partial charge in [0.15, 0.2) is 0 Å². The van der Waals surface area contributed by atoms with Crippen molar-refractivity contribution in [2.45, 2.75) is 24.7 Å². The predicted molar refractivity (Wildman–Crippen MR) is 62.9 cm³/mol. The van der Waals surface area contributed by atoms with Gasteiger partial charge in [-0.15, -0.1) is 0 Å². The first-order valence-electron chi connectivity index (χ1n) is 5.62. The van der Waals surface area contributed by atoms with Crippen LogP contribution in [0.2, 0.25) is 0 Å². The Labute approximate surface area is 89.5 Å². The fourth-order valence-corrected chi connectivity index (χ4v) is 2.63. The van der Waals surface area contributed by atoms with E-state index in [9.17, 15) is 0 Å². The molecule has 0 radical (unpaired) electrons. The van der Waals surface area contributed by atoms with Crippen molar-refractivity contribution in [1.82, 2.24) is 4.98 Å². The summed E-state index contributed by atoms with van der Waals surface area (Å²) in [5, 5.41) is 1.38. The van der Waals surface area contributed by atoms with Crippen molar-refractivity contribution in [3.05, 3.63) is 36.0 Å². The van der Waals surface area contributed by atoms with Crippen molar-refractivity contribution in [3.63, 3.8) is 0 Å². The molecule has 1 heterocycles. The van der Waals surface area contributed by atoms with E-state index in [0.29, 0.717) is 5.41 Å². The summed E-state index contributed by atoms with van der Waals surface area (Å²) in [5.41, 5.74) is 8.84. The van der Waals surface area contributed by atoms with Crippen LogP contribution in [-0.4, -0.2) is 11.5 Å². The van der Waals surface area contributed by atoms with Crippen molar-refractivity contribution in [2.24, 2.45) is 5.73 Å². The number of aromatic amines is 1. The van der Waals surface area contributed by atoms with Gasteiger partial charge in [-0.05, 0) is 48.9 Å². The number of hydrogen-bond acceptors (Lipinski definition) is 1. The van der Waals surface area contributed by atoms with Gasteiger partial charge in [0, 0.05) is 17.1 Å². The summed E-state index contributed by atoms with van der Waals surface area (Å²) in [6, 6.07) is 8.72. The third-order valence-corrected chi connectivity index (χ3v) is 3.64. The summed E-state index contributed by atoms with van der Waals surface area (Å²) >= 11 is 0. The van der Waals surface area contributed by atoms with Gasteiger partial charge in [-0.25, -0.2) is 0 Å². The molecule has 0 saturated heterocycles. The van der Waals surface area contributed by atoms with Crippen LogP contribution < -0.4 is 5.73 Å². The van der Waals surface area contributed by atoms with Gasteiger partial charge in [-0.2, -0.15) is 0 Å². The van der Waals surface area contributed by atoms with Crippen LogP contribution in [-0.2, 0) is 5.41 Å². The van der Waals surface area contributed by atoms with E-state index in [0.717, 1.165) is 13.0 Å². The van der Waals surface area contributed by atoms with Crippen LogP contribution >= 0.6 is 0 Å². The molecule has 0 aliphatic heterocycles. The van der Waals surface area contributed by atoms with E-state index in [2.05, 4.69) is 29.2 Å². The van der Waals surface area contributed by atoms with E-state index in [4.69, 9.17) is 5.73 Å². The second-order valence-electron chi connectivity index (χ2n) is 4.56. The first kappa shape index (κ1) is 8.98. The third kappa shape index (κ3) is 1.29. The molecule has 0 amide bonds. The number of nitrogens with two attached hydrogens (primary N) is 1. The Morgan fingerprint density at radius 3 is 2.87 bits per heavy atom. The average molecular weight is 200 g/mol. The maximum atomic E-state index is 5.70. The molecule has 1 aliphatic rings. The molecule has 1 aromatic carbocycles. The highest BCUT2D eigenvalue weighted by atomic mass is 14.7. The molecule has 1 aromatic heterocycles. The second kappa shape index (κ2) is 3.11. The number of aromatic nitrogens is 1. The number of hydrogen-bond donors (Lipinski definition) is 2. The lowest BCUT2D eigenvalue weighted by Gasteiger charge is -2.15. The number of rotatable bonds is 3. The Morgan fingerprint density at radius 1 is 1.27 bits per heavy atom. The minimum atomic E-state index is 0.399. The monoisotopic (exact) mass is 200 g/mol. The molecule has 1 aliphatic carbocycles. The molecule has 3 rings (SSSR count). The third-order valence-electron chi connectivity index (χ3n) is 3.64. The molecule has 15 heavy (non-hydrogen) atoms. The van der Waals surface area contributed by atoms with Gasteiger partial charge in [0.05, 0.1) is 0 Å². The van der Waals surface area contributed by atoms with Gasteiger partial charge in [-0.3, -0.25) is 0 Å². The minimum absolute atomic E-state index is 0.399. The minimum Gasteiger partial charge on any atom is -0.361 e. The van der Waals surface area contributed by atoms with E-state index in [1.807, 2.05) is 6.20 Å². The van der Waals surface area contributed by atoms with Gasteiger partial charge >= 0.3 is 0 Å². The molecule has 2 aromatic rings. The summed E-state index contributed by atoms with van der Waals surface area (Å²) in [6.07, 6.45) is 5.74. The zero-order valence-electron chi connectivity index (χ0n) is 8.79. The summed E-state index contributed by atoms with van der Waals surface area (Å²) in [6.45, 7) is 0.792. The van der Waals surface area contributed by atoms with Crippen molar-refractivity contribution >= 4 is 10.9 Å². The molecule has 0 bridgehead atoms. The van der Waals surface area contributed by atoms with E-state index in [1.165, 1.54) is 29.3 Å². The second-order valence-corrected chi connectivity index (χ2v) is 4.56. The molecule has 1 saturated carbocycles. The summed E-state index contributed by atoms with van der Waals surface area (Å²) in [7, 11) is 0. The van der Waals surface area contributed by atoms with Crippen LogP contribution in [0.3, 0.4) is 0 Å². The summed E-state index contributed by atoms with van der Waals surface area (Å²) in [5.74, 6) is 0. The van der Waals surface area contributed by atoms with Gasteiger partial charge in [0.1, 0.15) is 0 Å². The average Bonchev–Trinajstić information content (AvgIpc) is 2.88. The van der Waals surface area contributed by atoms with Gasteiger partial charge < -0.3 is 10.7 Å². The number of nitrogens with one attached hydrogen (secondary N) is 1. The Hall–Kier alpha value is -1.28. The van der Waals surface area contributed by atoms with Gasteiger partial charge in [0.25, 0.3) is 0 Å². The van der Waals surface area contributed by atoms with Gasteiger partial charge in [0.2, 0.25) is 0 Å². The summed E-state index contributed by atoms with van der Waals surface area (Å²) < 4.78 is 0. The van der Waals surface area contributed by atoms with E-state index < -0.39 is 0 Å². The number of benzene rings is 1. The van der Waals surface area contributed by atoms with Crippen LogP contribution in [0.1, 0.15) is 24.8 Å². The van der Waals surface area contributed by atoms with Crippen LogP contribution in [0.15, 0.2) is 30.5 Å². The van der Waals surface area contributed by atoms with Crippen molar-refractivity contribution < 1.29 is 0 Å². The molecule has 2 nitrogen and oxygen atoms in total. The maximum Gasteiger partial charge on any atom is 0.0456 e. The first-order valence-corrected chi connectivity index (χ1v) is 5.62. The molecule has 0 atom stereocenters. The quantitative estimate of drug-likeness (QED) is 0.785. The zero-order valence-corrected chi connectivity index (χ0v) is 8.79. The highest BCUT2D eigenvalue weighted by Crippen LogP contribution is 2.52. The molecule has 78 valence electrons. The summed E-state index contributed by atoms with van der Waals surface area (Å²) in [4.78, 5) is 3.27. The molecule has 1 fully saturated rings. The van der Waals surface area contributed by atoms with E-state index in [-0.39, 0.29) is 0 Å². The zero-order chi connectivity index (χ0) is 10.3. The van der Waals surface area contributed by atoms with Crippen LogP contribution in [0.5, 0.6) is 0 Å². The molecule has 2 heteroatoms. The van der Waals surface area contributed by atoms with E-state index >= 15 is 0 Å². The van der Waals surface area contributed by atoms with Crippen LogP contribution in [0.4, 0.5) is 0 Å². The Morgan fingerprint density at radius 2 is 2.13 bits per heavy atom. The Kier molecular flexibility index (Phi) is 1.86. The molecule has 0 spiro atoms. The van der Waals surface area contributed by atoms with Crippen molar-refractivity contribution in [3.8, 4) is 0 Å². The van der Waals surface area contributed by atoms with Crippen molar-refractivity contribution in [2.75, 3.05) is 6.54 Å². The number of fused-ring (bicyclic) bond motifs is 1. The lowest BCUT2D eigenvalue weighted by atomic mass is 9.90. The largest absolute Gasteiger partial charge is 0.361 e. The lowest BCUT2D eigenvalue weighted by Crippen LogP contribution is -2.13. The Balaban J connectivity index is 2.14. The van der Waals surface area contributed by atoms with Crippen LogP contribution in [0.25, 0.3) is 10.9 Å². The highest BCUT2D eigenvalue weighted by Gasteiger charge is 2.44. The fraction of sp³-hybridized carbons (Fsp3) is 0.385. The van der Waals surface area contributed by atoms with E-state index in [1.54, 1.807) is 0 Å². The Bertz CT molecular complexity index is 480. The number of H-pyrrole nitrogens is 1. The molecular formula is C13H16N2. The standard InChI is InChI=1S/C13H16N2/c14-8-7-13(5-6-13)11-2-1-3-12-10(11)4-9-15-12/h1-4,9,15H,5-8,14H2. The fourth-order valence-electron chi connectivity index (χ4n) is 2.63. The molecule has 3 N–H and O–H groups in total. The molecule has 0 unspecified atom stereocenters. The maximum absolute atomic E-state index is 5.70. The van der Waals surface area contributed by atoms with Crippen LogP contribution in [0, 0.1) is 0 Å². The lowest BCUT2D eigenvalue weighted by molar-refractivity contribution is 0.634. The SMILES string of the molecule is NCCC1(c2cccc3[nH]ccc23)CC1. The normalized spacial score (nSPS) is 18.2. The first-order chi connectivity index (χ1) is 7.36. The van der Waals surface area contributed by atoms with Gasteiger partial charge in [-0.1, -0.05) is 12.1 Å². The molecular weight excluding hydrogens is 184 g/mol. The van der Waals surface area contributed by atoms with Crippen molar-refractivity contribution in [1.29, 1.82) is 0 Å². The topological polar surface area (TPSA) is 41.8 Å². The highest BCUT2D eigenvalue weighted by molar-refractivity contribution is 5.84. The predicted octanol–water partition coefficient (Wildman–Crippen LogP) is 2.55. The smallest absolute Gasteiger partial charge is 0.0456 e.